The molecule has 0 spiro atoms. The van der Waals surface area contributed by atoms with Crippen molar-refractivity contribution in [3.8, 4) is 11.1 Å². The third-order valence-corrected chi connectivity index (χ3v) is 5.27. The molecular weight excluding hydrogens is 302 g/mol. The first-order chi connectivity index (χ1) is 12.4. The average molecular weight is 327 g/mol. The minimum absolute atomic E-state index is 0.771. The second kappa shape index (κ2) is 7.57. The van der Waals surface area contributed by atoms with E-state index >= 15 is 0 Å². The lowest BCUT2D eigenvalue weighted by Gasteiger charge is -2.22. The van der Waals surface area contributed by atoms with Crippen LogP contribution in [0.15, 0.2) is 78.9 Å². The molecule has 1 aliphatic carbocycles. The van der Waals surface area contributed by atoms with Gasteiger partial charge < -0.3 is 5.32 Å². The van der Waals surface area contributed by atoms with E-state index in [1.807, 2.05) is 0 Å². The molecule has 1 heteroatoms. The maximum atomic E-state index is 3.51. The Morgan fingerprint density at radius 2 is 1.12 bits per heavy atom. The lowest BCUT2D eigenvalue weighted by molar-refractivity contribution is 0.443. The van der Waals surface area contributed by atoms with Crippen LogP contribution in [0.25, 0.3) is 11.1 Å². The average Bonchev–Trinajstić information content (AvgIpc) is 2.71. The highest BCUT2D eigenvalue weighted by atomic mass is 14.9. The largest absolute Gasteiger partial charge is 0.356 e. The van der Waals surface area contributed by atoms with Gasteiger partial charge in [0.05, 0.1) is 0 Å². The Labute approximate surface area is 150 Å². The molecule has 0 atom stereocenters. The van der Waals surface area contributed by atoms with E-state index in [-0.39, 0.29) is 0 Å². The molecule has 1 N–H and O–H groups in total. The third-order valence-electron chi connectivity index (χ3n) is 5.27. The second-order valence-corrected chi connectivity index (χ2v) is 7.03. The summed E-state index contributed by atoms with van der Waals surface area (Å²) < 4.78 is 0. The van der Waals surface area contributed by atoms with Gasteiger partial charge in [0, 0.05) is 11.4 Å². The Morgan fingerprint density at radius 1 is 0.560 bits per heavy atom. The highest BCUT2D eigenvalue weighted by molar-refractivity contribution is 5.68. The van der Waals surface area contributed by atoms with E-state index in [4.69, 9.17) is 0 Å². The predicted octanol–water partition coefficient (Wildman–Crippen LogP) is 7.14. The van der Waals surface area contributed by atoms with Gasteiger partial charge >= 0.3 is 0 Å². The first-order valence-electron chi connectivity index (χ1n) is 9.41. The zero-order chi connectivity index (χ0) is 16.9. The first kappa shape index (κ1) is 16.0. The lowest BCUT2D eigenvalue weighted by atomic mass is 9.84. The topological polar surface area (TPSA) is 12.0 Å². The monoisotopic (exact) mass is 327 g/mol. The summed E-state index contributed by atoms with van der Waals surface area (Å²) in [5.74, 6) is 0.771. The minimum atomic E-state index is 0.771. The summed E-state index contributed by atoms with van der Waals surface area (Å²) in [7, 11) is 0. The van der Waals surface area contributed by atoms with Crippen LogP contribution in [0, 0.1) is 0 Å². The van der Waals surface area contributed by atoms with Gasteiger partial charge in [0.2, 0.25) is 0 Å². The summed E-state index contributed by atoms with van der Waals surface area (Å²) in [5.41, 5.74) is 6.30. The van der Waals surface area contributed by atoms with Crippen molar-refractivity contribution in [2.24, 2.45) is 0 Å². The van der Waals surface area contributed by atoms with Gasteiger partial charge in [-0.05, 0) is 59.7 Å². The molecule has 25 heavy (non-hydrogen) atoms. The summed E-state index contributed by atoms with van der Waals surface area (Å²) in [6.45, 7) is 0. The molecule has 1 fully saturated rings. The van der Waals surface area contributed by atoms with Crippen molar-refractivity contribution < 1.29 is 0 Å². The van der Waals surface area contributed by atoms with Crippen LogP contribution in [0.1, 0.15) is 43.6 Å². The van der Waals surface area contributed by atoms with Crippen molar-refractivity contribution in [3.05, 3.63) is 84.4 Å². The molecule has 1 aliphatic rings. The molecule has 1 nitrogen and oxygen atoms in total. The molecule has 0 aliphatic heterocycles. The van der Waals surface area contributed by atoms with Gasteiger partial charge in [0.1, 0.15) is 0 Å². The Kier molecular flexibility index (Phi) is 4.83. The van der Waals surface area contributed by atoms with Crippen molar-refractivity contribution >= 4 is 11.4 Å². The summed E-state index contributed by atoms with van der Waals surface area (Å²) in [6.07, 6.45) is 6.90. The first-order valence-corrected chi connectivity index (χ1v) is 9.41. The number of anilines is 2. The van der Waals surface area contributed by atoms with Gasteiger partial charge in [-0.3, -0.25) is 0 Å². The number of hydrogen-bond donors (Lipinski definition) is 1. The van der Waals surface area contributed by atoms with Crippen LogP contribution >= 0.6 is 0 Å². The fraction of sp³-hybridized carbons (Fsp3) is 0.250. The maximum absolute atomic E-state index is 3.51. The van der Waals surface area contributed by atoms with Crippen LogP contribution in [0.2, 0.25) is 0 Å². The fourth-order valence-electron chi connectivity index (χ4n) is 3.82. The van der Waals surface area contributed by atoms with Crippen molar-refractivity contribution in [1.29, 1.82) is 0 Å². The number of hydrogen-bond acceptors (Lipinski definition) is 1. The van der Waals surface area contributed by atoms with Crippen LogP contribution < -0.4 is 5.32 Å². The molecule has 3 aromatic rings. The van der Waals surface area contributed by atoms with Crippen LogP contribution in [0.5, 0.6) is 0 Å². The van der Waals surface area contributed by atoms with Crippen LogP contribution in [0.3, 0.4) is 0 Å². The highest BCUT2D eigenvalue weighted by Gasteiger charge is 2.15. The quantitative estimate of drug-likeness (QED) is 0.536. The van der Waals surface area contributed by atoms with Crippen LogP contribution in [0.4, 0.5) is 11.4 Å². The van der Waals surface area contributed by atoms with Crippen molar-refractivity contribution in [1.82, 2.24) is 0 Å². The van der Waals surface area contributed by atoms with E-state index in [1.165, 1.54) is 48.8 Å². The maximum Gasteiger partial charge on any atom is 0.0384 e. The molecule has 0 heterocycles. The highest BCUT2D eigenvalue weighted by Crippen LogP contribution is 2.33. The number of nitrogens with one attached hydrogen (secondary N) is 1. The molecule has 3 aromatic carbocycles. The van der Waals surface area contributed by atoms with Gasteiger partial charge in [-0.15, -0.1) is 0 Å². The fourth-order valence-corrected chi connectivity index (χ4v) is 3.82. The molecule has 0 unspecified atom stereocenters. The molecule has 0 radical (unpaired) electrons. The third kappa shape index (κ3) is 3.93. The van der Waals surface area contributed by atoms with Crippen LogP contribution in [-0.4, -0.2) is 0 Å². The van der Waals surface area contributed by atoms with Crippen LogP contribution in [-0.2, 0) is 0 Å². The standard InChI is InChI=1S/C24H25N/c1-3-7-19(8-4-1)21-11-15-23(16-12-21)25-24-17-13-22(14-18-24)20-9-5-2-6-10-20/h1,3-4,7-8,11-18,20,25H,2,5-6,9-10H2. The van der Waals surface area contributed by atoms with E-state index in [0.717, 1.165) is 17.3 Å². The Morgan fingerprint density at radius 3 is 1.76 bits per heavy atom. The molecule has 4 rings (SSSR count). The SMILES string of the molecule is c1ccc(-c2ccc(Nc3ccc(C4CCCCC4)cc3)cc2)cc1. The van der Waals surface area contributed by atoms with Gasteiger partial charge in [-0.1, -0.05) is 73.9 Å². The number of benzene rings is 3. The smallest absolute Gasteiger partial charge is 0.0384 e. The van der Waals surface area contributed by atoms with Crippen molar-refractivity contribution in [2.45, 2.75) is 38.0 Å². The summed E-state index contributed by atoms with van der Waals surface area (Å²) in [4.78, 5) is 0. The molecule has 0 saturated heterocycles. The van der Waals surface area contributed by atoms with Gasteiger partial charge in [0.15, 0.2) is 0 Å². The number of rotatable bonds is 4. The van der Waals surface area contributed by atoms with Crippen molar-refractivity contribution in [2.75, 3.05) is 5.32 Å². The van der Waals surface area contributed by atoms with E-state index < -0.39 is 0 Å². The van der Waals surface area contributed by atoms with Gasteiger partial charge in [0.25, 0.3) is 0 Å². The molecule has 0 bridgehead atoms. The second-order valence-electron chi connectivity index (χ2n) is 7.03. The zero-order valence-electron chi connectivity index (χ0n) is 14.6. The van der Waals surface area contributed by atoms with E-state index in [1.54, 1.807) is 0 Å². The van der Waals surface area contributed by atoms with E-state index in [0.29, 0.717) is 0 Å². The van der Waals surface area contributed by atoms with Crippen molar-refractivity contribution in [3.63, 3.8) is 0 Å². The Bertz CT molecular complexity index is 782. The summed E-state index contributed by atoms with van der Waals surface area (Å²) in [6, 6.07) is 28.2. The molecule has 0 aromatic heterocycles. The Balaban J connectivity index is 1.43. The molecule has 1 saturated carbocycles. The lowest BCUT2D eigenvalue weighted by Crippen LogP contribution is -2.04. The predicted molar refractivity (Wildman–Crippen MR) is 107 cm³/mol. The molecular formula is C24H25N. The van der Waals surface area contributed by atoms with E-state index in [2.05, 4.69) is 84.2 Å². The van der Waals surface area contributed by atoms with Gasteiger partial charge in [-0.2, -0.15) is 0 Å². The minimum Gasteiger partial charge on any atom is -0.356 e. The normalized spacial score (nSPS) is 15.0. The summed E-state index contributed by atoms with van der Waals surface area (Å²) in [5, 5.41) is 3.51. The van der Waals surface area contributed by atoms with Gasteiger partial charge in [-0.25, -0.2) is 0 Å². The molecule has 0 amide bonds. The zero-order valence-corrected chi connectivity index (χ0v) is 14.6. The Hall–Kier alpha value is -2.54. The van der Waals surface area contributed by atoms with E-state index in [9.17, 15) is 0 Å². The summed E-state index contributed by atoms with van der Waals surface area (Å²) >= 11 is 0. The molecule has 126 valence electrons.